The molecule has 1 aromatic carbocycles. The minimum atomic E-state index is -3.64. The van der Waals surface area contributed by atoms with Crippen molar-refractivity contribution in [2.24, 2.45) is 0 Å². The van der Waals surface area contributed by atoms with Gasteiger partial charge >= 0.3 is 0 Å². The first-order valence-electron chi connectivity index (χ1n) is 6.64. The summed E-state index contributed by atoms with van der Waals surface area (Å²) < 4.78 is 27.1. The van der Waals surface area contributed by atoms with Gasteiger partial charge in [0, 0.05) is 25.2 Å². The number of aryl methyl sites for hydroxylation is 1. The van der Waals surface area contributed by atoms with Crippen molar-refractivity contribution in [2.45, 2.75) is 37.8 Å². The van der Waals surface area contributed by atoms with Gasteiger partial charge in [-0.1, -0.05) is 12.1 Å². The van der Waals surface area contributed by atoms with Crippen molar-refractivity contribution in [1.82, 2.24) is 9.62 Å². The summed E-state index contributed by atoms with van der Waals surface area (Å²) in [5, 5.41) is 12.5. The molecule has 0 aliphatic carbocycles. The highest BCUT2D eigenvalue weighted by Crippen LogP contribution is 2.25. The molecule has 1 heterocycles. The first-order chi connectivity index (χ1) is 9.39. The molecule has 2 unspecified atom stereocenters. The summed E-state index contributed by atoms with van der Waals surface area (Å²) in [7, 11) is -3.64. The van der Waals surface area contributed by atoms with Gasteiger partial charge in [0.25, 0.3) is 0 Å². The smallest absolute Gasteiger partial charge is 0.244 e. The first-order valence-corrected chi connectivity index (χ1v) is 8.08. The predicted octanol–water partition coefficient (Wildman–Crippen LogP) is 1.24. The maximum Gasteiger partial charge on any atom is 0.244 e. The Bertz CT molecular complexity index is 649. The summed E-state index contributed by atoms with van der Waals surface area (Å²) in [5.41, 5.74) is 0.926. The molecular weight excluding hydrogens is 274 g/mol. The van der Waals surface area contributed by atoms with E-state index in [2.05, 4.69) is 5.32 Å². The van der Waals surface area contributed by atoms with Crippen LogP contribution in [0.5, 0.6) is 0 Å². The summed E-state index contributed by atoms with van der Waals surface area (Å²) in [5.74, 6) is 0. The van der Waals surface area contributed by atoms with Crippen LogP contribution in [0.1, 0.15) is 25.0 Å². The van der Waals surface area contributed by atoms with Crippen LogP contribution in [-0.2, 0) is 10.0 Å². The molecule has 0 radical (unpaired) electrons. The van der Waals surface area contributed by atoms with Crippen LogP contribution in [0.2, 0.25) is 0 Å². The van der Waals surface area contributed by atoms with Crippen molar-refractivity contribution in [3.05, 3.63) is 29.3 Å². The standard InChI is InChI=1S/C14H19N3O2S/c1-10-5-4-6-14(13(10)9-15)20(18,19)17-8-7-16-11(2)12(17)3/h4-6,11-12,16H,7-8H2,1-3H3. The molecule has 0 bridgehead atoms. The number of hydrogen-bond donors (Lipinski definition) is 1. The quantitative estimate of drug-likeness (QED) is 0.890. The lowest BCUT2D eigenvalue weighted by molar-refractivity contribution is 0.233. The first kappa shape index (κ1) is 15.0. The number of rotatable bonds is 2. The third-order valence-electron chi connectivity index (χ3n) is 3.91. The third kappa shape index (κ3) is 2.44. The lowest BCUT2D eigenvalue weighted by Gasteiger charge is -2.37. The van der Waals surface area contributed by atoms with Gasteiger partial charge in [-0.3, -0.25) is 0 Å². The van der Waals surface area contributed by atoms with Gasteiger partial charge in [-0.25, -0.2) is 8.42 Å². The van der Waals surface area contributed by atoms with Gasteiger partial charge in [0.15, 0.2) is 0 Å². The summed E-state index contributed by atoms with van der Waals surface area (Å²) in [4.78, 5) is 0.112. The molecule has 108 valence electrons. The van der Waals surface area contributed by atoms with Crippen LogP contribution in [-0.4, -0.2) is 37.9 Å². The molecule has 1 aliphatic rings. The molecule has 1 fully saturated rings. The van der Waals surface area contributed by atoms with Gasteiger partial charge < -0.3 is 5.32 Å². The van der Waals surface area contributed by atoms with E-state index in [1.54, 1.807) is 19.1 Å². The van der Waals surface area contributed by atoms with Crippen LogP contribution in [0.15, 0.2) is 23.1 Å². The molecular formula is C14H19N3O2S. The molecule has 0 spiro atoms. The molecule has 0 amide bonds. The van der Waals surface area contributed by atoms with E-state index in [0.29, 0.717) is 18.7 Å². The molecule has 1 aromatic rings. The van der Waals surface area contributed by atoms with Crippen molar-refractivity contribution >= 4 is 10.0 Å². The SMILES string of the molecule is Cc1cccc(S(=O)(=O)N2CCNC(C)C2C)c1C#N. The van der Waals surface area contributed by atoms with Gasteiger partial charge in [-0.05, 0) is 32.4 Å². The summed E-state index contributed by atoms with van der Waals surface area (Å²) in [6.07, 6.45) is 0. The van der Waals surface area contributed by atoms with E-state index in [1.807, 2.05) is 19.9 Å². The Morgan fingerprint density at radius 1 is 1.40 bits per heavy atom. The Balaban J connectivity index is 2.51. The monoisotopic (exact) mass is 293 g/mol. The Hall–Kier alpha value is -1.42. The van der Waals surface area contributed by atoms with Gasteiger partial charge in [0.05, 0.1) is 5.56 Å². The average Bonchev–Trinajstić information content (AvgIpc) is 2.41. The van der Waals surface area contributed by atoms with E-state index < -0.39 is 10.0 Å². The van der Waals surface area contributed by atoms with Crippen LogP contribution in [0, 0.1) is 18.3 Å². The van der Waals surface area contributed by atoms with Crippen LogP contribution in [0.25, 0.3) is 0 Å². The van der Waals surface area contributed by atoms with E-state index in [0.717, 1.165) is 0 Å². The minimum Gasteiger partial charge on any atom is -0.311 e. The van der Waals surface area contributed by atoms with Crippen LogP contribution < -0.4 is 5.32 Å². The van der Waals surface area contributed by atoms with Crippen molar-refractivity contribution in [3.8, 4) is 6.07 Å². The normalized spacial score (nSPS) is 24.3. The predicted molar refractivity (Wildman–Crippen MR) is 76.7 cm³/mol. The van der Waals surface area contributed by atoms with Gasteiger partial charge in [0.2, 0.25) is 10.0 Å². The Labute approximate surface area is 120 Å². The summed E-state index contributed by atoms with van der Waals surface area (Å²) >= 11 is 0. The van der Waals surface area contributed by atoms with Crippen molar-refractivity contribution < 1.29 is 8.42 Å². The molecule has 6 heteroatoms. The Morgan fingerprint density at radius 2 is 2.10 bits per heavy atom. The number of nitrogens with zero attached hydrogens (tertiary/aromatic N) is 2. The molecule has 0 saturated carbocycles. The number of benzene rings is 1. The number of sulfonamides is 1. The Morgan fingerprint density at radius 3 is 2.75 bits per heavy atom. The average molecular weight is 293 g/mol. The molecule has 1 N–H and O–H groups in total. The molecule has 2 atom stereocenters. The van der Waals surface area contributed by atoms with Crippen molar-refractivity contribution in [3.63, 3.8) is 0 Å². The maximum absolute atomic E-state index is 12.8. The number of piperazine rings is 1. The number of nitrogens with one attached hydrogen (secondary N) is 1. The van der Waals surface area contributed by atoms with E-state index in [1.165, 1.54) is 10.4 Å². The second kappa shape index (κ2) is 5.52. The lowest BCUT2D eigenvalue weighted by Crippen LogP contribution is -2.57. The number of nitriles is 1. The molecule has 1 aliphatic heterocycles. The number of hydrogen-bond acceptors (Lipinski definition) is 4. The largest absolute Gasteiger partial charge is 0.311 e. The van der Waals surface area contributed by atoms with E-state index in [9.17, 15) is 13.7 Å². The summed E-state index contributed by atoms with van der Waals surface area (Å²) in [6.45, 7) is 6.65. The second-order valence-electron chi connectivity index (χ2n) is 5.16. The minimum absolute atomic E-state index is 0.0915. The van der Waals surface area contributed by atoms with Crippen molar-refractivity contribution in [2.75, 3.05) is 13.1 Å². The highest BCUT2D eigenvalue weighted by molar-refractivity contribution is 7.89. The highest BCUT2D eigenvalue weighted by Gasteiger charge is 2.35. The zero-order valence-corrected chi connectivity index (χ0v) is 12.7. The fraction of sp³-hybridized carbons (Fsp3) is 0.500. The lowest BCUT2D eigenvalue weighted by atomic mass is 10.1. The van der Waals surface area contributed by atoms with Gasteiger partial charge in [-0.2, -0.15) is 9.57 Å². The molecule has 1 saturated heterocycles. The van der Waals surface area contributed by atoms with E-state index >= 15 is 0 Å². The van der Waals surface area contributed by atoms with E-state index in [4.69, 9.17) is 0 Å². The fourth-order valence-corrected chi connectivity index (χ4v) is 4.41. The third-order valence-corrected chi connectivity index (χ3v) is 5.94. The maximum atomic E-state index is 12.8. The van der Waals surface area contributed by atoms with Crippen LogP contribution in [0.4, 0.5) is 0 Å². The van der Waals surface area contributed by atoms with E-state index in [-0.39, 0.29) is 22.5 Å². The topological polar surface area (TPSA) is 73.2 Å². The van der Waals surface area contributed by atoms with Gasteiger partial charge in [-0.15, -0.1) is 0 Å². The van der Waals surface area contributed by atoms with Crippen LogP contribution in [0.3, 0.4) is 0 Å². The molecule has 5 nitrogen and oxygen atoms in total. The Kier molecular flexibility index (Phi) is 4.14. The zero-order valence-electron chi connectivity index (χ0n) is 11.9. The fourth-order valence-electron chi connectivity index (χ4n) is 2.49. The summed E-state index contributed by atoms with van der Waals surface area (Å²) in [6, 6.07) is 6.91. The molecule has 2 rings (SSSR count). The highest BCUT2D eigenvalue weighted by atomic mass is 32.2. The second-order valence-corrected chi connectivity index (χ2v) is 7.02. The van der Waals surface area contributed by atoms with Crippen LogP contribution >= 0.6 is 0 Å². The van der Waals surface area contributed by atoms with Crippen molar-refractivity contribution in [1.29, 1.82) is 5.26 Å². The zero-order chi connectivity index (χ0) is 14.9. The molecule has 0 aromatic heterocycles. The van der Waals surface area contributed by atoms with Gasteiger partial charge in [0.1, 0.15) is 11.0 Å². The molecule has 20 heavy (non-hydrogen) atoms.